The van der Waals surface area contributed by atoms with Gasteiger partial charge in [-0.05, 0) is 37.5 Å². The molecule has 0 fully saturated rings. The van der Waals surface area contributed by atoms with Gasteiger partial charge in [0, 0.05) is 24.0 Å². The van der Waals surface area contributed by atoms with Crippen molar-refractivity contribution in [3.8, 4) is 0 Å². The van der Waals surface area contributed by atoms with E-state index in [4.69, 9.17) is 11.6 Å². The first-order valence-electron chi connectivity index (χ1n) is 6.41. The minimum atomic E-state index is 0.0886. The molecule has 1 aromatic rings. The fraction of sp³-hybridized carbons (Fsp3) is 0.533. The summed E-state index contributed by atoms with van der Waals surface area (Å²) in [5, 5.41) is 0. The summed E-state index contributed by atoms with van der Waals surface area (Å²) in [6.07, 6.45) is 0. The van der Waals surface area contributed by atoms with E-state index >= 15 is 0 Å². The van der Waals surface area contributed by atoms with Crippen molar-refractivity contribution in [2.75, 3.05) is 6.54 Å². The molecule has 0 bridgehead atoms. The first kappa shape index (κ1) is 15.0. The zero-order valence-electron chi connectivity index (χ0n) is 11.6. The maximum atomic E-state index is 12.5. The van der Waals surface area contributed by atoms with E-state index in [2.05, 4.69) is 13.8 Å². The highest BCUT2D eigenvalue weighted by Gasteiger charge is 2.19. The van der Waals surface area contributed by atoms with Gasteiger partial charge in [-0.25, -0.2) is 0 Å². The van der Waals surface area contributed by atoms with Crippen LogP contribution in [-0.2, 0) is 5.88 Å². The van der Waals surface area contributed by atoms with Gasteiger partial charge in [0.25, 0.3) is 5.91 Å². The minimum absolute atomic E-state index is 0.0886. The Hall–Kier alpha value is -1.02. The maximum absolute atomic E-state index is 12.5. The summed E-state index contributed by atoms with van der Waals surface area (Å²) in [5.74, 6) is 0.991. The molecule has 2 nitrogen and oxygen atoms in total. The third kappa shape index (κ3) is 4.02. The van der Waals surface area contributed by atoms with Crippen LogP contribution in [0.4, 0.5) is 0 Å². The molecule has 0 saturated carbocycles. The van der Waals surface area contributed by atoms with Crippen LogP contribution in [0.3, 0.4) is 0 Å². The third-order valence-electron chi connectivity index (χ3n) is 2.77. The zero-order valence-corrected chi connectivity index (χ0v) is 12.4. The SMILES string of the molecule is CC(C)CN(C(=O)c1cccc(CCl)c1)C(C)C. The first-order valence-corrected chi connectivity index (χ1v) is 6.95. The molecular weight excluding hydrogens is 246 g/mol. The van der Waals surface area contributed by atoms with Crippen LogP contribution in [0.25, 0.3) is 0 Å². The highest BCUT2D eigenvalue weighted by atomic mass is 35.5. The Morgan fingerprint density at radius 2 is 1.94 bits per heavy atom. The Morgan fingerprint density at radius 3 is 2.44 bits per heavy atom. The van der Waals surface area contributed by atoms with Gasteiger partial charge in [-0.2, -0.15) is 0 Å². The number of carbonyl (C=O) groups is 1. The van der Waals surface area contributed by atoms with Gasteiger partial charge in [0.1, 0.15) is 0 Å². The molecule has 1 amide bonds. The van der Waals surface area contributed by atoms with E-state index in [1.165, 1.54) is 0 Å². The maximum Gasteiger partial charge on any atom is 0.254 e. The van der Waals surface area contributed by atoms with Crippen molar-refractivity contribution in [1.29, 1.82) is 0 Å². The Kier molecular flexibility index (Phi) is 5.67. The second-order valence-electron chi connectivity index (χ2n) is 5.28. The van der Waals surface area contributed by atoms with Gasteiger partial charge in [-0.3, -0.25) is 4.79 Å². The van der Waals surface area contributed by atoms with E-state index in [0.717, 1.165) is 17.7 Å². The Labute approximate surface area is 115 Å². The van der Waals surface area contributed by atoms with Crippen molar-refractivity contribution in [2.45, 2.75) is 39.6 Å². The molecule has 0 radical (unpaired) electrons. The van der Waals surface area contributed by atoms with Gasteiger partial charge in [-0.15, -0.1) is 11.6 Å². The van der Waals surface area contributed by atoms with Crippen molar-refractivity contribution in [3.05, 3.63) is 35.4 Å². The minimum Gasteiger partial charge on any atom is -0.336 e. The molecule has 0 atom stereocenters. The number of carbonyl (C=O) groups excluding carboxylic acids is 1. The van der Waals surface area contributed by atoms with E-state index in [1.807, 2.05) is 43.0 Å². The number of halogens is 1. The molecule has 0 unspecified atom stereocenters. The lowest BCUT2D eigenvalue weighted by molar-refractivity contribution is 0.0682. The van der Waals surface area contributed by atoms with Gasteiger partial charge in [0.2, 0.25) is 0 Å². The molecular formula is C15H22ClNO. The summed E-state index contributed by atoms with van der Waals surface area (Å²) in [6, 6.07) is 7.77. The van der Waals surface area contributed by atoms with E-state index in [0.29, 0.717) is 11.8 Å². The lowest BCUT2D eigenvalue weighted by Crippen LogP contribution is -2.39. The van der Waals surface area contributed by atoms with Crippen LogP contribution < -0.4 is 0 Å². The van der Waals surface area contributed by atoms with E-state index in [1.54, 1.807) is 0 Å². The summed E-state index contributed by atoms with van der Waals surface area (Å²) in [5.41, 5.74) is 1.71. The smallest absolute Gasteiger partial charge is 0.254 e. The van der Waals surface area contributed by atoms with Gasteiger partial charge in [0.05, 0.1) is 0 Å². The number of nitrogens with zero attached hydrogens (tertiary/aromatic N) is 1. The fourth-order valence-corrected chi connectivity index (χ4v) is 2.04. The van der Waals surface area contributed by atoms with E-state index in [9.17, 15) is 4.79 Å². The molecule has 3 heteroatoms. The second-order valence-corrected chi connectivity index (χ2v) is 5.55. The van der Waals surface area contributed by atoms with Crippen LogP contribution in [0.2, 0.25) is 0 Å². The van der Waals surface area contributed by atoms with Crippen molar-refractivity contribution in [2.24, 2.45) is 5.92 Å². The lowest BCUT2D eigenvalue weighted by Gasteiger charge is -2.28. The molecule has 18 heavy (non-hydrogen) atoms. The van der Waals surface area contributed by atoms with Gasteiger partial charge < -0.3 is 4.90 Å². The van der Waals surface area contributed by atoms with Crippen LogP contribution in [0.1, 0.15) is 43.6 Å². The van der Waals surface area contributed by atoms with Crippen molar-refractivity contribution >= 4 is 17.5 Å². The Bertz CT molecular complexity index is 401. The van der Waals surface area contributed by atoms with Gasteiger partial charge in [-0.1, -0.05) is 26.0 Å². The van der Waals surface area contributed by atoms with Crippen LogP contribution >= 0.6 is 11.6 Å². The molecule has 0 N–H and O–H groups in total. The summed E-state index contributed by atoms with van der Waals surface area (Å²) in [4.78, 5) is 14.4. The molecule has 0 saturated heterocycles. The second kappa shape index (κ2) is 6.79. The van der Waals surface area contributed by atoms with Crippen LogP contribution in [0, 0.1) is 5.92 Å². The third-order valence-corrected chi connectivity index (χ3v) is 3.08. The van der Waals surface area contributed by atoms with Crippen LogP contribution in [0.15, 0.2) is 24.3 Å². The molecule has 1 aromatic carbocycles. The van der Waals surface area contributed by atoms with Crippen LogP contribution in [-0.4, -0.2) is 23.4 Å². The Balaban J connectivity index is 2.94. The standard InChI is InChI=1S/C15H22ClNO/c1-11(2)10-17(12(3)4)15(18)14-7-5-6-13(8-14)9-16/h5-8,11-12H,9-10H2,1-4H3. The predicted octanol–water partition coefficient (Wildman–Crippen LogP) is 3.93. The number of rotatable bonds is 5. The number of hydrogen-bond acceptors (Lipinski definition) is 1. The molecule has 0 aliphatic heterocycles. The summed E-state index contributed by atoms with van der Waals surface area (Å²) in [6.45, 7) is 9.12. The normalized spacial score (nSPS) is 11.1. The van der Waals surface area contributed by atoms with E-state index in [-0.39, 0.29) is 11.9 Å². The fourth-order valence-electron chi connectivity index (χ4n) is 1.87. The topological polar surface area (TPSA) is 20.3 Å². The molecule has 0 spiro atoms. The average Bonchev–Trinajstić information content (AvgIpc) is 2.34. The highest BCUT2D eigenvalue weighted by Crippen LogP contribution is 2.14. The number of amides is 1. The number of benzene rings is 1. The zero-order chi connectivity index (χ0) is 13.7. The van der Waals surface area contributed by atoms with Crippen molar-refractivity contribution < 1.29 is 4.79 Å². The lowest BCUT2D eigenvalue weighted by atomic mass is 10.1. The molecule has 100 valence electrons. The van der Waals surface area contributed by atoms with Gasteiger partial charge in [0.15, 0.2) is 0 Å². The monoisotopic (exact) mass is 267 g/mol. The summed E-state index contributed by atoms with van der Waals surface area (Å²) >= 11 is 5.81. The highest BCUT2D eigenvalue weighted by molar-refractivity contribution is 6.17. The Morgan fingerprint density at radius 1 is 1.28 bits per heavy atom. The van der Waals surface area contributed by atoms with Crippen LogP contribution in [0.5, 0.6) is 0 Å². The van der Waals surface area contributed by atoms with Gasteiger partial charge >= 0.3 is 0 Å². The number of alkyl halides is 1. The largest absolute Gasteiger partial charge is 0.336 e. The molecule has 0 aliphatic carbocycles. The quantitative estimate of drug-likeness (QED) is 0.740. The molecule has 0 aromatic heterocycles. The first-order chi connectivity index (χ1) is 8.45. The molecule has 0 heterocycles. The average molecular weight is 268 g/mol. The summed E-state index contributed by atoms with van der Waals surface area (Å²) < 4.78 is 0. The van der Waals surface area contributed by atoms with E-state index < -0.39 is 0 Å². The molecule has 0 aliphatic rings. The predicted molar refractivity (Wildman–Crippen MR) is 77.0 cm³/mol. The molecule has 1 rings (SSSR count). The summed E-state index contributed by atoms with van der Waals surface area (Å²) in [7, 11) is 0. The number of hydrogen-bond donors (Lipinski definition) is 0. The van der Waals surface area contributed by atoms with Crippen molar-refractivity contribution in [1.82, 2.24) is 4.90 Å². The van der Waals surface area contributed by atoms with Crippen molar-refractivity contribution in [3.63, 3.8) is 0 Å².